The third kappa shape index (κ3) is 6.70. The molecule has 1 saturated carbocycles. The molecule has 0 radical (unpaired) electrons. The third-order valence-corrected chi connectivity index (χ3v) is 10.6. The van der Waals surface area contributed by atoms with Gasteiger partial charge in [0.25, 0.3) is 15.9 Å². The molecule has 4 aromatic rings. The lowest BCUT2D eigenvalue weighted by Crippen LogP contribution is -2.51. The van der Waals surface area contributed by atoms with Gasteiger partial charge < -0.3 is 19.3 Å². The predicted octanol–water partition coefficient (Wildman–Crippen LogP) is 4.78. The van der Waals surface area contributed by atoms with Gasteiger partial charge in [0.15, 0.2) is 0 Å². The molecule has 2 aromatic carbocycles. The van der Waals surface area contributed by atoms with Gasteiger partial charge in [-0.1, -0.05) is 37.1 Å². The second-order valence-electron chi connectivity index (χ2n) is 12.9. The van der Waals surface area contributed by atoms with Gasteiger partial charge in [-0.2, -0.15) is 4.98 Å². The largest absolute Gasteiger partial charge is 0.475 e. The number of amides is 1. The summed E-state index contributed by atoms with van der Waals surface area (Å²) in [6.07, 6.45) is 7.30. The van der Waals surface area contributed by atoms with E-state index in [0.29, 0.717) is 23.9 Å². The van der Waals surface area contributed by atoms with Crippen molar-refractivity contribution in [2.45, 2.75) is 63.1 Å². The first kappa shape index (κ1) is 32.0. The van der Waals surface area contributed by atoms with Crippen molar-refractivity contribution in [3.63, 3.8) is 0 Å². The molecule has 4 heterocycles. The van der Waals surface area contributed by atoms with Crippen molar-refractivity contribution in [2.75, 3.05) is 36.5 Å². The maximum Gasteiger partial charge on any atom is 0.264 e. The zero-order chi connectivity index (χ0) is 33.4. The minimum atomic E-state index is -4.16. The fourth-order valence-electron chi connectivity index (χ4n) is 6.50. The summed E-state index contributed by atoms with van der Waals surface area (Å²) in [6.45, 7) is 5.73. The van der Waals surface area contributed by atoms with Crippen LogP contribution in [-0.4, -0.2) is 78.1 Å². The number of nitrogens with one attached hydrogen (secondary N) is 1. The van der Waals surface area contributed by atoms with E-state index in [1.807, 2.05) is 32.0 Å². The van der Waals surface area contributed by atoms with Crippen LogP contribution in [0.5, 0.6) is 5.88 Å². The van der Waals surface area contributed by atoms with E-state index in [1.165, 1.54) is 12.1 Å². The Morgan fingerprint density at radius 1 is 0.979 bits per heavy atom. The maximum absolute atomic E-state index is 14.4. The zero-order valence-electron chi connectivity index (χ0n) is 27.3. The summed E-state index contributed by atoms with van der Waals surface area (Å²) in [5.41, 5.74) is 4.25. The van der Waals surface area contributed by atoms with Crippen molar-refractivity contribution in [2.24, 2.45) is 5.92 Å². The highest BCUT2D eigenvalue weighted by atomic mass is 32.2. The molecular formula is C35H39N7O5S. The first-order valence-corrected chi connectivity index (χ1v) is 17.8. The monoisotopic (exact) mass is 669 g/mol. The smallest absolute Gasteiger partial charge is 0.264 e. The van der Waals surface area contributed by atoms with Crippen LogP contribution in [-0.2, 0) is 21.3 Å². The van der Waals surface area contributed by atoms with E-state index in [0.717, 1.165) is 54.7 Å². The Morgan fingerprint density at radius 3 is 2.50 bits per heavy atom. The number of ether oxygens (including phenoxy) is 2. The quantitative estimate of drug-likeness (QED) is 0.279. The van der Waals surface area contributed by atoms with Gasteiger partial charge >= 0.3 is 0 Å². The summed E-state index contributed by atoms with van der Waals surface area (Å²) in [4.78, 5) is 36.7. The number of carbonyl (C=O) groups excluding carboxylic acids is 1. The number of aromatic nitrogens is 4. The Balaban J connectivity index is 1.30. The second-order valence-corrected chi connectivity index (χ2v) is 14.5. The van der Waals surface area contributed by atoms with Gasteiger partial charge in [0.2, 0.25) is 11.8 Å². The van der Waals surface area contributed by atoms with Gasteiger partial charge in [-0.15, -0.1) is 0 Å². The lowest BCUT2D eigenvalue weighted by molar-refractivity contribution is 0.0560. The Morgan fingerprint density at radius 2 is 1.77 bits per heavy atom. The van der Waals surface area contributed by atoms with Crippen molar-refractivity contribution in [3.05, 3.63) is 83.3 Å². The van der Waals surface area contributed by atoms with Crippen LogP contribution in [0, 0.1) is 19.8 Å². The second kappa shape index (κ2) is 13.1. The molecular weight excluding hydrogens is 630 g/mol. The fourth-order valence-corrected chi connectivity index (χ4v) is 7.49. The fraction of sp³-hybridized carbons (Fsp3) is 0.400. The van der Waals surface area contributed by atoms with E-state index < -0.39 is 10.0 Å². The summed E-state index contributed by atoms with van der Waals surface area (Å²) in [5.74, 6) is 0.978. The SMILES string of the molecule is COC[C@@H]1CCN1c1cncc(CN2C(=O)c3cccc(c3)S(=O)(=O)Nc3nc(cc(-c4c(C)cccc4C)n3)OC[C@H]2CC2CC2)n1. The summed E-state index contributed by atoms with van der Waals surface area (Å²) in [6, 6.07) is 13.6. The topological polar surface area (TPSA) is 140 Å². The molecule has 1 amide bonds. The molecule has 2 aliphatic heterocycles. The molecule has 4 bridgehead atoms. The molecule has 2 aromatic heterocycles. The molecule has 2 fully saturated rings. The summed E-state index contributed by atoms with van der Waals surface area (Å²) in [7, 11) is -2.47. The number of sulfonamides is 1. The highest BCUT2D eigenvalue weighted by Crippen LogP contribution is 2.36. The minimum absolute atomic E-state index is 0.0707. The number of benzene rings is 2. The van der Waals surface area contributed by atoms with E-state index >= 15 is 0 Å². The number of hydrogen-bond acceptors (Lipinski definition) is 10. The van der Waals surface area contributed by atoms with Crippen LogP contribution >= 0.6 is 0 Å². The summed E-state index contributed by atoms with van der Waals surface area (Å²) < 4.78 is 41.6. The molecule has 12 nitrogen and oxygen atoms in total. The summed E-state index contributed by atoms with van der Waals surface area (Å²) in [5, 5.41) is 0. The number of anilines is 2. The number of methoxy groups -OCH3 is 1. The molecule has 3 aliphatic rings. The molecule has 48 heavy (non-hydrogen) atoms. The Bertz CT molecular complexity index is 1930. The van der Waals surface area contributed by atoms with Crippen molar-refractivity contribution in [3.8, 4) is 17.1 Å². The first-order valence-electron chi connectivity index (χ1n) is 16.3. The Kier molecular flexibility index (Phi) is 8.73. The lowest BCUT2D eigenvalue weighted by Gasteiger charge is -2.41. The van der Waals surface area contributed by atoms with E-state index in [9.17, 15) is 13.2 Å². The molecule has 1 saturated heterocycles. The molecule has 1 N–H and O–H groups in total. The van der Waals surface area contributed by atoms with Crippen LogP contribution < -0.4 is 14.4 Å². The summed E-state index contributed by atoms with van der Waals surface area (Å²) >= 11 is 0. The van der Waals surface area contributed by atoms with Gasteiger partial charge in [-0.3, -0.25) is 9.78 Å². The molecule has 0 unspecified atom stereocenters. The molecule has 1 aliphatic carbocycles. The van der Waals surface area contributed by atoms with Gasteiger partial charge in [-0.25, -0.2) is 23.1 Å². The predicted molar refractivity (Wildman–Crippen MR) is 180 cm³/mol. The maximum atomic E-state index is 14.4. The number of nitrogens with zero attached hydrogens (tertiary/aromatic N) is 6. The number of rotatable bonds is 8. The standard InChI is InChI=1S/C35H39N7O5S/c1-22-6-4-7-23(2)33(22)30-16-32-39-35(38-30)40-48(44,45)29-9-5-8-25(15-29)34(43)42(28(21-47-32)14-24-10-11-24)19-26-17-36-18-31(37-26)41-13-12-27(41)20-46-3/h4-9,15-18,24,27-28H,10-14,19-21H2,1-3H3,(H,38,39,40)/t27-,28+/m0/s1. The highest BCUT2D eigenvalue weighted by Gasteiger charge is 2.34. The molecule has 250 valence electrons. The average molecular weight is 670 g/mol. The van der Waals surface area contributed by atoms with Crippen LogP contribution in [0.3, 0.4) is 0 Å². The Hall–Kier alpha value is -4.62. The molecule has 0 spiro atoms. The number of carbonyl (C=O) groups is 1. The van der Waals surface area contributed by atoms with Gasteiger partial charge in [0.05, 0.1) is 53.9 Å². The van der Waals surface area contributed by atoms with E-state index in [4.69, 9.17) is 14.5 Å². The number of fused-ring (bicyclic) bond motifs is 4. The zero-order valence-corrected chi connectivity index (χ0v) is 28.1. The normalized spacial score (nSPS) is 20.4. The van der Waals surface area contributed by atoms with Crippen molar-refractivity contribution in [1.82, 2.24) is 24.8 Å². The molecule has 7 rings (SSSR count). The van der Waals surface area contributed by atoms with Crippen LogP contribution in [0.4, 0.5) is 11.8 Å². The van der Waals surface area contributed by atoms with Crippen molar-refractivity contribution < 1.29 is 22.7 Å². The minimum Gasteiger partial charge on any atom is -0.475 e. The van der Waals surface area contributed by atoms with Gasteiger partial charge in [-0.05, 0) is 61.9 Å². The van der Waals surface area contributed by atoms with Crippen LogP contribution in [0.15, 0.2) is 65.8 Å². The van der Waals surface area contributed by atoms with Gasteiger partial charge in [0.1, 0.15) is 12.4 Å². The van der Waals surface area contributed by atoms with E-state index in [1.54, 1.807) is 42.6 Å². The van der Waals surface area contributed by atoms with Crippen LogP contribution in [0.1, 0.15) is 52.9 Å². The van der Waals surface area contributed by atoms with Crippen molar-refractivity contribution in [1.29, 1.82) is 0 Å². The van der Waals surface area contributed by atoms with E-state index in [-0.39, 0.29) is 53.4 Å². The first-order chi connectivity index (χ1) is 23.2. The molecule has 13 heteroatoms. The average Bonchev–Trinajstić information content (AvgIpc) is 3.87. The van der Waals surface area contributed by atoms with E-state index in [2.05, 4.69) is 24.6 Å². The van der Waals surface area contributed by atoms with Gasteiger partial charge in [0, 0.05) is 30.8 Å². The Labute approximate surface area is 280 Å². The number of aryl methyl sites for hydroxylation is 2. The lowest BCUT2D eigenvalue weighted by atomic mass is 10.00. The van der Waals surface area contributed by atoms with Crippen molar-refractivity contribution >= 4 is 27.7 Å². The van der Waals surface area contributed by atoms with Crippen LogP contribution in [0.2, 0.25) is 0 Å². The molecule has 2 atom stereocenters. The highest BCUT2D eigenvalue weighted by molar-refractivity contribution is 7.92. The third-order valence-electron chi connectivity index (χ3n) is 9.29. The van der Waals surface area contributed by atoms with Crippen LogP contribution in [0.25, 0.3) is 11.3 Å². The number of hydrogen-bond donors (Lipinski definition) is 1.